The van der Waals surface area contributed by atoms with Crippen molar-refractivity contribution in [2.24, 2.45) is 0 Å². The van der Waals surface area contributed by atoms with Crippen molar-refractivity contribution >= 4 is 13.9 Å². The molecule has 0 radical (unpaired) electrons. The largest absolute Gasteiger partial charge is 0.454 e. The van der Waals surface area contributed by atoms with Gasteiger partial charge in [0.15, 0.2) is 0 Å². The molecule has 0 saturated heterocycles. The van der Waals surface area contributed by atoms with E-state index in [0.29, 0.717) is 0 Å². The molecule has 0 saturated carbocycles. The van der Waals surface area contributed by atoms with Crippen molar-refractivity contribution in [3.8, 4) is 22.6 Å². The second kappa shape index (κ2) is 6.66. The molecule has 0 heterocycles. The summed E-state index contributed by atoms with van der Waals surface area (Å²) in [6.07, 6.45) is -4.85. The van der Waals surface area contributed by atoms with Gasteiger partial charge in [0.25, 0.3) is 5.78 Å². The van der Waals surface area contributed by atoms with Crippen molar-refractivity contribution in [2.45, 2.75) is 25.8 Å². The van der Waals surface area contributed by atoms with Crippen LogP contribution in [0.4, 0.5) is 13.2 Å². The smallest absolute Gasteiger partial charge is 0.284 e. The molecule has 0 bridgehead atoms. The molecular formula is C19H17F3OSi. The Morgan fingerprint density at radius 1 is 0.875 bits per heavy atom. The monoisotopic (exact) mass is 346 g/mol. The molecule has 5 heteroatoms. The number of Topliss-reactive ketones (excluding diaryl/α,β-unsaturated/α-hetero) is 1. The number of carbonyl (C=O) groups is 1. The molecule has 0 fully saturated rings. The van der Waals surface area contributed by atoms with E-state index in [-0.39, 0.29) is 5.56 Å². The van der Waals surface area contributed by atoms with Gasteiger partial charge in [-0.3, -0.25) is 4.79 Å². The Kier molecular flexibility index (Phi) is 5.00. The van der Waals surface area contributed by atoms with E-state index in [1.54, 1.807) is 0 Å². The van der Waals surface area contributed by atoms with Gasteiger partial charge in [0.05, 0.1) is 0 Å². The summed E-state index contributed by atoms with van der Waals surface area (Å²) in [4.78, 5) is 11.2. The highest BCUT2D eigenvalue weighted by Gasteiger charge is 2.39. The van der Waals surface area contributed by atoms with Gasteiger partial charge < -0.3 is 0 Å². The highest BCUT2D eigenvalue weighted by atomic mass is 28.3. The van der Waals surface area contributed by atoms with Crippen LogP contribution >= 0.6 is 0 Å². The number of rotatable bonds is 2. The number of ketones is 1. The van der Waals surface area contributed by atoms with Gasteiger partial charge >= 0.3 is 6.18 Å². The van der Waals surface area contributed by atoms with Crippen LogP contribution in [-0.4, -0.2) is 20.0 Å². The second-order valence-electron chi connectivity index (χ2n) is 6.48. The fourth-order valence-electron chi connectivity index (χ4n) is 1.98. The Labute approximate surface area is 140 Å². The standard InChI is InChI=1S/C19H17F3OSi/c1-24(2,3)13-12-14-4-6-15(7-5-14)16-8-10-17(11-9-16)18(23)19(20,21)22/h4-11H,1-3H3. The Balaban J connectivity index is 2.21. The van der Waals surface area contributed by atoms with Gasteiger partial charge in [0.2, 0.25) is 0 Å². The fourth-order valence-corrected chi connectivity index (χ4v) is 2.50. The van der Waals surface area contributed by atoms with Gasteiger partial charge in [-0.05, 0) is 23.3 Å². The summed E-state index contributed by atoms with van der Waals surface area (Å²) in [5.41, 5.74) is 5.44. The van der Waals surface area contributed by atoms with Gasteiger partial charge in [-0.2, -0.15) is 13.2 Å². The molecule has 0 aromatic heterocycles. The zero-order valence-electron chi connectivity index (χ0n) is 13.7. The Morgan fingerprint density at radius 2 is 1.33 bits per heavy atom. The van der Waals surface area contributed by atoms with Gasteiger partial charge in [-0.1, -0.05) is 62.0 Å². The number of halogens is 3. The van der Waals surface area contributed by atoms with E-state index in [4.69, 9.17) is 0 Å². The van der Waals surface area contributed by atoms with Crippen LogP contribution in [0.2, 0.25) is 19.6 Å². The third-order valence-electron chi connectivity index (χ3n) is 3.20. The molecular weight excluding hydrogens is 329 g/mol. The number of benzene rings is 2. The first kappa shape index (κ1) is 18.0. The first-order chi connectivity index (χ1) is 11.1. The van der Waals surface area contributed by atoms with Crippen LogP contribution in [0.3, 0.4) is 0 Å². The molecule has 0 spiro atoms. The zero-order valence-corrected chi connectivity index (χ0v) is 14.7. The van der Waals surface area contributed by atoms with E-state index in [0.717, 1.165) is 16.7 Å². The minimum atomic E-state index is -4.85. The molecule has 0 aliphatic rings. The fraction of sp³-hybridized carbons (Fsp3) is 0.211. The van der Waals surface area contributed by atoms with Crippen LogP contribution < -0.4 is 0 Å². The summed E-state index contributed by atoms with van der Waals surface area (Å²) in [7, 11) is -1.44. The number of hydrogen-bond donors (Lipinski definition) is 0. The molecule has 0 aliphatic heterocycles. The summed E-state index contributed by atoms with van der Waals surface area (Å²) in [5.74, 6) is 1.32. The lowest BCUT2D eigenvalue weighted by molar-refractivity contribution is -0.0885. The Morgan fingerprint density at radius 3 is 1.75 bits per heavy atom. The van der Waals surface area contributed by atoms with Crippen molar-refractivity contribution < 1.29 is 18.0 Å². The molecule has 0 atom stereocenters. The van der Waals surface area contributed by atoms with E-state index in [2.05, 4.69) is 31.1 Å². The molecule has 0 N–H and O–H groups in total. The quantitative estimate of drug-likeness (QED) is 0.408. The molecule has 2 aromatic rings. The van der Waals surface area contributed by atoms with Gasteiger partial charge in [0, 0.05) is 11.1 Å². The minimum absolute atomic E-state index is 0.358. The van der Waals surface area contributed by atoms with E-state index in [1.807, 2.05) is 24.3 Å². The lowest BCUT2D eigenvalue weighted by atomic mass is 10.0. The maximum Gasteiger partial charge on any atom is 0.454 e. The average Bonchev–Trinajstić information content (AvgIpc) is 2.51. The summed E-state index contributed by atoms with van der Waals surface area (Å²) in [6, 6.07) is 12.9. The topological polar surface area (TPSA) is 17.1 Å². The van der Waals surface area contributed by atoms with Gasteiger partial charge in [0.1, 0.15) is 8.07 Å². The van der Waals surface area contributed by atoms with Gasteiger partial charge in [-0.25, -0.2) is 0 Å². The lowest BCUT2D eigenvalue weighted by Crippen LogP contribution is -2.22. The summed E-state index contributed by atoms with van der Waals surface area (Å²) in [6.45, 7) is 6.49. The summed E-state index contributed by atoms with van der Waals surface area (Å²) in [5, 5.41) is 0. The first-order valence-corrected chi connectivity index (χ1v) is 10.9. The predicted molar refractivity (Wildman–Crippen MR) is 92.5 cm³/mol. The summed E-state index contributed by atoms with van der Waals surface area (Å²) < 4.78 is 37.2. The highest BCUT2D eigenvalue weighted by Crippen LogP contribution is 2.24. The van der Waals surface area contributed by atoms with Crippen LogP contribution in [0, 0.1) is 11.5 Å². The molecule has 0 amide bonds. The minimum Gasteiger partial charge on any atom is -0.284 e. The van der Waals surface area contributed by atoms with E-state index >= 15 is 0 Å². The molecule has 24 heavy (non-hydrogen) atoms. The van der Waals surface area contributed by atoms with Crippen molar-refractivity contribution in [2.75, 3.05) is 0 Å². The van der Waals surface area contributed by atoms with Crippen molar-refractivity contribution in [3.63, 3.8) is 0 Å². The van der Waals surface area contributed by atoms with Crippen LogP contribution in [0.25, 0.3) is 11.1 Å². The lowest BCUT2D eigenvalue weighted by Gasteiger charge is -2.07. The van der Waals surface area contributed by atoms with Crippen molar-refractivity contribution in [1.29, 1.82) is 0 Å². The Hall–Kier alpha value is -2.32. The van der Waals surface area contributed by atoms with E-state index in [1.165, 1.54) is 24.3 Å². The molecule has 2 rings (SSSR count). The third kappa shape index (κ3) is 4.84. The number of carbonyl (C=O) groups excluding carboxylic acids is 1. The predicted octanol–water partition coefficient (Wildman–Crippen LogP) is 5.33. The second-order valence-corrected chi connectivity index (χ2v) is 11.2. The molecule has 0 aliphatic carbocycles. The molecule has 124 valence electrons. The van der Waals surface area contributed by atoms with Crippen LogP contribution in [0.1, 0.15) is 15.9 Å². The SMILES string of the molecule is C[Si](C)(C)C#Cc1ccc(-c2ccc(C(=O)C(F)(F)F)cc2)cc1. The first-order valence-electron chi connectivity index (χ1n) is 7.41. The van der Waals surface area contributed by atoms with Crippen molar-refractivity contribution in [3.05, 3.63) is 59.7 Å². The number of hydrogen-bond acceptors (Lipinski definition) is 1. The summed E-state index contributed by atoms with van der Waals surface area (Å²) >= 11 is 0. The van der Waals surface area contributed by atoms with Crippen LogP contribution in [0.15, 0.2) is 48.5 Å². The average molecular weight is 346 g/mol. The van der Waals surface area contributed by atoms with Crippen molar-refractivity contribution in [1.82, 2.24) is 0 Å². The zero-order chi connectivity index (χ0) is 18.0. The normalized spacial score (nSPS) is 11.6. The number of alkyl halides is 3. The maximum absolute atomic E-state index is 12.4. The highest BCUT2D eigenvalue weighted by molar-refractivity contribution is 6.83. The molecule has 2 aromatic carbocycles. The van der Waals surface area contributed by atoms with E-state index in [9.17, 15) is 18.0 Å². The molecule has 0 unspecified atom stereocenters. The third-order valence-corrected chi connectivity index (χ3v) is 4.08. The van der Waals surface area contributed by atoms with Crippen LogP contribution in [-0.2, 0) is 0 Å². The molecule has 1 nitrogen and oxygen atoms in total. The van der Waals surface area contributed by atoms with Gasteiger partial charge in [-0.15, -0.1) is 5.54 Å². The maximum atomic E-state index is 12.4. The van der Waals surface area contributed by atoms with Crippen LogP contribution in [0.5, 0.6) is 0 Å². The van der Waals surface area contributed by atoms with E-state index < -0.39 is 20.0 Å². The Bertz CT molecular complexity index is 786.